The summed E-state index contributed by atoms with van der Waals surface area (Å²) in [6, 6.07) is 6.07. The monoisotopic (exact) mass is 275 g/mol. The lowest BCUT2D eigenvalue weighted by molar-refractivity contribution is 0.180. The first-order valence-corrected chi connectivity index (χ1v) is 7.39. The molecule has 0 spiro atoms. The number of imidazole rings is 1. The van der Waals surface area contributed by atoms with E-state index in [0.29, 0.717) is 17.6 Å². The largest absolute Gasteiger partial charge is 0.399 e. The maximum atomic E-state index is 10.0. The zero-order chi connectivity index (χ0) is 14.9. The van der Waals surface area contributed by atoms with E-state index in [4.69, 9.17) is 5.73 Å². The molecular formula is C16H25N3O. The lowest BCUT2D eigenvalue weighted by Gasteiger charge is -2.21. The first-order valence-electron chi connectivity index (χ1n) is 7.39. The van der Waals surface area contributed by atoms with Gasteiger partial charge >= 0.3 is 0 Å². The van der Waals surface area contributed by atoms with Crippen LogP contribution in [0.2, 0.25) is 0 Å². The van der Waals surface area contributed by atoms with Gasteiger partial charge in [-0.3, -0.25) is 0 Å². The van der Waals surface area contributed by atoms with E-state index < -0.39 is 6.10 Å². The van der Waals surface area contributed by atoms with Gasteiger partial charge in [0.1, 0.15) is 11.9 Å². The van der Waals surface area contributed by atoms with Crippen molar-refractivity contribution in [3.8, 4) is 0 Å². The molecule has 2 aromatic rings. The molecule has 0 aliphatic heterocycles. The second-order valence-electron chi connectivity index (χ2n) is 5.86. The smallest absolute Gasteiger partial charge is 0.138 e. The van der Waals surface area contributed by atoms with Crippen LogP contribution in [-0.2, 0) is 0 Å². The quantitative estimate of drug-likeness (QED) is 0.818. The van der Waals surface area contributed by atoms with Crippen LogP contribution in [0.3, 0.4) is 0 Å². The number of aliphatic hydroxyl groups is 1. The van der Waals surface area contributed by atoms with E-state index in [0.717, 1.165) is 29.7 Å². The second-order valence-corrected chi connectivity index (χ2v) is 5.86. The van der Waals surface area contributed by atoms with Crippen LogP contribution in [0.5, 0.6) is 0 Å². The van der Waals surface area contributed by atoms with Gasteiger partial charge in [0.05, 0.1) is 11.0 Å². The number of benzene rings is 1. The molecule has 110 valence electrons. The van der Waals surface area contributed by atoms with Crippen LogP contribution < -0.4 is 5.73 Å². The van der Waals surface area contributed by atoms with E-state index in [1.165, 1.54) is 0 Å². The molecule has 1 aromatic carbocycles. The summed E-state index contributed by atoms with van der Waals surface area (Å²) in [6.45, 7) is 8.42. The Hall–Kier alpha value is -1.55. The highest BCUT2D eigenvalue weighted by Crippen LogP contribution is 2.29. The van der Waals surface area contributed by atoms with E-state index in [1.54, 1.807) is 6.92 Å². The summed E-state index contributed by atoms with van der Waals surface area (Å²) in [6.07, 6.45) is 1.66. The van der Waals surface area contributed by atoms with Gasteiger partial charge in [-0.15, -0.1) is 0 Å². The number of hydrogen-bond donors (Lipinski definition) is 2. The first-order chi connectivity index (χ1) is 9.43. The number of nitrogens with two attached hydrogens (primary N) is 1. The Labute approximate surface area is 120 Å². The molecule has 4 heteroatoms. The van der Waals surface area contributed by atoms with Gasteiger partial charge in [0, 0.05) is 11.7 Å². The zero-order valence-electron chi connectivity index (χ0n) is 12.8. The fourth-order valence-corrected chi connectivity index (χ4v) is 2.75. The van der Waals surface area contributed by atoms with Gasteiger partial charge in [0.2, 0.25) is 0 Å². The summed E-state index contributed by atoms with van der Waals surface area (Å²) in [5, 5.41) is 10.0. The number of aliphatic hydroxyl groups excluding tert-OH is 1. The molecular weight excluding hydrogens is 250 g/mol. The van der Waals surface area contributed by atoms with E-state index in [1.807, 2.05) is 18.2 Å². The predicted molar refractivity (Wildman–Crippen MR) is 83.6 cm³/mol. The standard InChI is InChI=1S/C16H25N3O/c1-5-10(2)8-11(3)19-15-7-6-13(17)9-14(15)18-16(19)12(4)20/h6-7,9-12,20H,5,8,17H2,1-4H3. The number of nitrogens with zero attached hydrogens (tertiary/aromatic N) is 2. The van der Waals surface area contributed by atoms with Crippen LogP contribution in [0.4, 0.5) is 5.69 Å². The Morgan fingerprint density at radius 2 is 2.00 bits per heavy atom. The molecule has 0 aliphatic carbocycles. The van der Waals surface area contributed by atoms with Crippen LogP contribution in [0.15, 0.2) is 18.2 Å². The molecule has 3 atom stereocenters. The SMILES string of the molecule is CCC(C)CC(C)n1c(C(C)O)nc2cc(N)ccc21. The Morgan fingerprint density at radius 3 is 2.60 bits per heavy atom. The summed E-state index contributed by atoms with van der Waals surface area (Å²) in [7, 11) is 0. The number of nitrogen functional groups attached to an aromatic ring is 1. The molecule has 1 heterocycles. The van der Waals surface area contributed by atoms with Gasteiger partial charge < -0.3 is 15.4 Å². The van der Waals surface area contributed by atoms with Crippen LogP contribution in [0, 0.1) is 5.92 Å². The molecule has 0 fully saturated rings. The molecule has 2 rings (SSSR count). The number of fused-ring (bicyclic) bond motifs is 1. The van der Waals surface area contributed by atoms with Crippen LogP contribution >= 0.6 is 0 Å². The fourth-order valence-electron chi connectivity index (χ4n) is 2.75. The van der Waals surface area contributed by atoms with Gasteiger partial charge in [-0.2, -0.15) is 0 Å². The minimum atomic E-state index is -0.581. The highest BCUT2D eigenvalue weighted by Gasteiger charge is 2.20. The number of hydrogen-bond acceptors (Lipinski definition) is 3. The molecule has 0 saturated heterocycles. The topological polar surface area (TPSA) is 64.1 Å². The Kier molecular flexibility index (Phi) is 4.33. The maximum absolute atomic E-state index is 10.0. The third-order valence-electron chi connectivity index (χ3n) is 4.00. The third kappa shape index (κ3) is 2.80. The highest BCUT2D eigenvalue weighted by molar-refractivity contribution is 5.79. The number of anilines is 1. The molecule has 20 heavy (non-hydrogen) atoms. The minimum Gasteiger partial charge on any atom is -0.399 e. The zero-order valence-corrected chi connectivity index (χ0v) is 12.8. The first kappa shape index (κ1) is 14.9. The molecule has 0 amide bonds. The molecule has 0 radical (unpaired) electrons. The van der Waals surface area contributed by atoms with Gasteiger partial charge in [0.25, 0.3) is 0 Å². The van der Waals surface area contributed by atoms with Crippen molar-refractivity contribution in [2.24, 2.45) is 5.92 Å². The summed E-state index contributed by atoms with van der Waals surface area (Å²) < 4.78 is 2.16. The fraction of sp³-hybridized carbons (Fsp3) is 0.562. The molecule has 4 nitrogen and oxygen atoms in total. The average Bonchev–Trinajstić information content (AvgIpc) is 2.76. The summed E-state index contributed by atoms with van der Waals surface area (Å²) in [4.78, 5) is 4.56. The van der Waals surface area contributed by atoms with E-state index in [9.17, 15) is 5.11 Å². The summed E-state index contributed by atoms with van der Waals surface area (Å²) >= 11 is 0. The average molecular weight is 275 g/mol. The van der Waals surface area contributed by atoms with Gasteiger partial charge in [0.15, 0.2) is 0 Å². The van der Waals surface area contributed by atoms with Crippen molar-refractivity contribution in [2.75, 3.05) is 5.73 Å². The van der Waals surface area contributed by atoms with E-state index in [2.05, 4.69) is 30.3 Å². The lowest BCUT2D eigenvalue weighted by atomic mass is 10.00. The van der Waals surface area contributed by atoms with E-state index in [-0.39, 0.29) is 0 Å². The van der Waals surface area contributed by atoms with Crippen molar-refractivity contribution in [2.45, 2.75) is 52.7 Å². The molecule has 0 aliphatic rings. The minimum absolute atomic E-state index is 0.308. The highest BCUT2D eigenvalue weighted by atomic mass is 16.3. The Balaban J connectivity index is 2.51. The van der Waals surface area contributed by atoms with Crippen molar-refractivity contribution in [1.29, 1.82) is 0 Å². The van der Waals surface area contributed by atoms with Gasteiger partial charge in [-0.25, -0.2) is 4.98 Å². The molecule has 3 unspecified atom stereocenters. The van der Waals surface area contributed by atoms with E-state index >= 15 is 0 Å². The van der Waals surface area contributed by atoms with Crippen LogP contribution in [0.25, 0.3) is 11.0 Å². The van der Waals surface area contributed by atoms with Crippen molar-refractivity contribution in [3.05, 3.63) is 24.0 Å². The van der Waals surface area contributed by atoms with Crippen LogP contribution in [0.1, 0.15) is 58.5 Å². The Bertz CT molecular complexity index is 589. The third-order valence-corrected chi connectivity index (χ3v) is 4.00. The maximum Gasteiger partial charge on any atom is 0.138 e. The second kappa shape index (κ2) is 5.83. The molecule has 0 saturated carbocycles. The van der Waals surface area contributed by atoms with Crippen molar-refractivity contribution in [3.63, 3.8) is 0 Å². The number of aromatic nitrogens is 2. The van der Waals surface area contributed by atoms with Crippen molar-refractivity contribution < 1.29 is 5.11 Å². The predicted octanol–water partition coefficient (Wildman–Crippen LogP) is 3.67. The molecule has 1 aromatic heterocycles. The molecule has 3 N–H and O–H groups in total. The summed E-state index contributed by atoms with van der Waals surface area (Å²) in [5.74, 6) is 1.37. The van der Waals surface area contributed by atoms with Gasteiger partial charge in [-0.1, -0.05) is 20.3 Å². The van der Waals surface area contributed by atoms with Crippen LogP contribution in [-0.4, -0.2) is 14.7 Å². The normalized spacial score (nSPS) is 16.2. The lowest BCUT2D eigenvalue weighted by Crippen LogP contribution is -2.14. The van der Waals surface area contributed by atoms with Crippen molar-refractivity contribution in [1.82, 2.24) is 9.55 Å². The number of rotatable bonds is 5. The molecule has 0 bridgehead atoms. The van der Waals surface area contributed by atoms with Crippen molar-refractivity contribution >= 4 is 16.7 Å². The van der Waals surface area contributed by atoms with Gasteiger partial charge in [-0.05, 0) is 44.4 Å². The Morgan fingerprint density at radius 1 is 1.30 bits per heavy atom. The summed E-state index contributed by atoms with van der Waals surface area (Å²) in [5.41, 5.74) is 8.43.